The number of carbonyl (C=O) groups excluding carboxylic acids is 1. The lowest BCUT2D eigenvalue weighted by atomic mass is 10.3. The predicted molar refractivity (Wildman–Crippen MR) is 58.8 cm³/mol. The van der Waals surface area contributed by atoms with Crippen LogP contribution < -0.4 is 5.32 Å². The lowest BCUT2D eigenvalue weighted by Crippen LogP contribution is -2.48. The fourth-order valence-corrected chi connectivity index (χ4v) is 1.53. The zero-order valence-corrected chi connectivity index (χ0v) is 9.85. The van der Waals surface area contributed by atoms with Gasteiger partial charge in [-0.15, -0.1) is 0 Å². The third-order valence-electron chi connectivity index (χ3n) is 2.44. The molecule has 0 bridgehead atoms. The van der Waals surface area contributed by atoms with E-state index in [1.54, 1.807) is 0 Å². The molecule has 0 aromatic heterocycles. The summed E-state index contributed by atoms with van der Waals surface area (Å²) in [4.78, 5) is 23.6. The summed E-state index contributed by atoms with van der Waals surface area (Å²) in [6.45, 7) is 1.34. The number of carboxylic acid groups (broad SMARTS) is 1. The molecule has 0 aliphatic carbocycles. The van der Waals surface area contributed by atoms with Crippen LogP contribution in [0.2, 0.25) is 0 Å². The number of amides is 2. The van der Waals surface area contributed by atoms with Crippen LogP contribution in [0.25, 0.3) is 0 Å². The van der Waals surface area contributed by atoms with Gasteiger partial charge in [-0.1, -0.05) is 0 Å². The van der Waals surface area contributed by atoms with Gasteiger partial charge in [0.15, 0.2) is 0 Å². The van der Waals surface area contributed by atoms with Gasteiger partial charge < -0.3 is 24.8 Å². The largest absolute Gasteiger partial charge is 0.480 e. The number of hydrogen-bond donors (Lipinski definition) is 2. The molecule has 2 N–H and O–H groups in total. The minimum Gasteiger partial charge on any atom is -0.480 e. The van der Waals surface area contributed by atoms with Gasteiger partial charge in [0, 0.05) is 20.3 Å². The minimum atomic E-state index is -1.04. The lowest BCUT2D eigenvalue weighted by molar-refractivity contribution is -0.137. The van der Waals surface area contributed by atoms with Crippen LogP contribution in [0.5, 0.6) is 0 Å². The van der Waals surface area contributed by atoms with Crippen molar-refractivity contribution in [3.63, 3.8) is 0 Å². The Labute approximate surface area is 99.7 Å². The Bertz CT molecular complexity index is 265. The van der Waals surface area contributed by atoms with E-state index in [4.69, 9.17) is 14.6 Å². The number of methoxy groups -OCH3 is 1. The zero-order valence-electron chi connectivity index (χ0n) is 9.85. The van der Waals surface area contributed by atoms with Crippen molar-refractivity contribution in [1.82, 2.24) is 10.2 Å². The molecule has 17 heavy (non-hydrogen) atoms. The van der Waals surface area contributed by atoms with Crippen molar-refractivity contribution in [2.24, 2.45) is 0 Å². The highest BCUT2D eigenvalue weighted by molar-refractivity contribution is 5.80. The monoisotopic (exact) mass is 246 g/mol. The summed E-state index contributed by atoms with van der Waals surface area (Å²) in [5, 5.41) is 11.4. The van der Waals surface area contributed by atoms with Crippen molar-refractivity contribution < 1.29 is 24.2 Å². The van der Waals surface area contributed by atoms with Crippen LogP contribution in [-0.4, -0.2) is 68.1 Å². The van der Waals surface area contributed by atoms with E-state index in [0.29, 0.717) is 19.8 Å². The molecule has 7 nitrogen and oxygen atoms in total. The highest BCUT2D eigenvalue weighted by Gasteiger charge is 2.22. The number of carbonyl (C=O) groups is 2. The molecule has 1 fully saturated rings. The summed E-state index contributed by atoms with van der Waals surface area (Å²) in [5.41, 5.74) is 0. The topological polar surface area (TPSA) is 88.1 Å². The van der Waals surface area contributed by atoms with Crippen LogP contribution in [0, 0.1) is 0 Å². The number of nitrogens with one attached hydrogen (secondary N) is 1. The summed E-state index contributed by atoms with van der Waals surface area (Å²) >= 11 is 0. The second-order valence-corrected chi connectivity index (χ2v) is 3.82. The second-order valence-electron chi connectivity index (χ2n) is 3.82. The zero-order chi connectivity index (χ0) is 12.7. The maximum Gasteiger partial charge on any atom is 0.323 e. The molecular weight excluding hydrogens is 228 g/mol. The van der Waals surface area contributed by atoms with E-state index >= 15 is 0 Å². The fourth-order valence-electron chi connectivity index (χ4n) is 1.53. The first kappa shape index (κ1) is 13.7. The molecule has 0 aromatic rings. The second kappa shape index (κ2) is 7.08. The predicted octanol–water partition coefficient (Wildman–Crippen LogP) is -0.482. The van der Waals surface area contributed by atoms with Crippen LogP contribution in [-0.2, 0) is 14.3 Å². The van der Waals surface area contributed by atoms with Crippen LogP contribution in [0.1, 0.15) is 6.42 Å². The Morgan fingerprint density at radius 2 is 2.35 bits per heavy atom. The molecule has 0 spiro atoms. The van der Waals surface area contributed by atoms with Crippen molar-refractivity contribution in [2.45, 2.75) is 12.5 Å². The van der Waals surface area contributed by atoms with E-state index in [9.17, 15) is 9.59 Å². The number of carboxylic acids is 1. The Kier molecular flexibility index (Phi) is 5.71. The fraction of sp³-hybridized carbons (Fsp3) is 0.800. The average molecular weight is 246 g/mol. The normalized spacial score (nSPS) is 19.0. The Hall–Kier alpha value is -1.34. The molecule has 1 atom stereocenters. The summed E-state index contributed by atoms with van der Waals surface area (Å²) in [5.74, 6) is -1.04. The molecule has 1 rings (SSSR count). The van der Waals surface area contributed by atoms with E-state index in [-0.39, 0.29) is 25.2 Å². The van der Waals surface area contributed by atoms with E-state index in [1.807, 2.05) is 0 Å². The van der Waals surface area contributed by atoms with E-state index in [0.717, 1.165) is 6.42 Å². The van der Waals surface area contributed by atoms with Crippen LogP contribution >= 0.6 is 0 Å². The minimum absolute atomic E-state index is 0.0265. The van der Waals surface area contributed by atoms with Crippen molar-refractivity contribution in [2.75, 3.05) is 40.0 Å². The molecule has 98 valence electrons. The number of ether oxygens (including phenoxy) is 2. The molecular formula is C10H18N2O5. The third-order valence-corrected chi connectivity index (χ3v) is 2.44. The molecule has 1 saturated heterocycles. The molecule has 7 heteroatoms. The van der Waals surface area contributed by atoms with Crippen LogP contribution in [0.15, 0.2) is 0 Å². The Morgan fingerprint density at radius 1 is 1.59 bits per heavy atom. The maximum atomic E-state index is 11.8. The van der Waals surface area contributed by atoms with Gasteiger partial charge in [0.05, 0.1) is 19.3 Å². The van der Waals surface area contributed by atoms with E-state index < -0.39 is 5.97 Å². The molecule has 2 amide bonds. The standard InChI is InChI=1S/C10H18N2O5/c1-16-5-3-12(6-9(13)14)10(15)11-8-2-4-17-7-8/h8H,2-7H2,1H3,(H,11,15)(H,13,14). The van der Waals surface area contributed by atoms with Gasteiger partial charge in [-0.3, -0.25) is 4.79 Å². The van der Waals surface area contributed by atoms with Gasteiger partial charge >= 0.3 is 12.0 Å². The first-order valence-electron chi connectivity index (χ1n) is 5.47. The molecule has 0 aromatic carbocycles. The van der Waals surface area contributed by atoms with Crippen molar-refractivity contribution >= 4 is 12.0 Å². The smallest absolute Gasteiger partial charge is 0.323 e. The summed E-state index contributed by atoms with van der Waals surface area (Å²) in [6, 6.07) is -0.415. The molecule has 1 heterocycles. The van der Waals surface area contributed by atoms with Crippen molar-refractivity contribution in [3.8, 4) is 0 Å². The first-order chi connectivity index (χ1) is 8.13. The highest BCUT2D eigenvalue weighted by atomic mass is 16.5. The van der Waals surface area contributed by atoms with E-state index in [2.05, 4.69) is 5.32 Å². The number of rotatable bonds is 6. The number of aliphatic carboxylic acids is 1. The highest BCUT2D eigenvalue weighted by Crippen LogP contribution is 2.04. The number of nitrogens with zero attached hydrogens (tertiary/aromatic N) is 1. The summed E-state index contributed by atoms with van der Waals surface area (Å²) < 4.78 is 9.96. The van der Waals surface area contributed by atoms with Crippen molar-refractivity contribution in [1.29, 1.82) is 0 Å². The van der Waals surface area contributed by atoms with Gasteiger partial charge in [-0.05, 0) is 6.42 Å². The maximum absolute atomic E-state index is 11.8. The first-order valence-corrected chi connectivity index (χ1v) is 5.47. The molecule has 1 aliphatic heterocycles. The van der Waals surface area contributed by atoms with Gasteiger partial charge in [0.2, 0.25) is 0 Å². The van der Waals surface area contributed by atoms with Gasteiger partial charge in [-0.25, -0.2) is 4.79 Å². The Balaban J connectivity index is 2.42. The van der Waals surface area contributed by atoms with Gasteiger partial charge in [0.1, 0.15) is 6.54 Å². The van der Waals surface area contributed by atoms with Crippen LogP contribution in [0.3, 0.4) is 0 Å². The number of urea groups is 1. The molecule has 0 saturated carbocycles. The molecule has 1 unspecified atom stereocenters. The third kappa shape index (κ3) is 5.01. The molecule has 0 radical (unpaired) electrons. The van der Waals surface area contributed by atoms with Crippen molar-refractivity contribution in [3.05, 3.63) is 0 Å². The van der Waals surface area contributed by atoms with Gasteiger partial charge in [0.25, 0.3) is 0 Å². The molecule has 1 aliphatic rings. The van der Waals surface area contributed by atoms with Gasteiger partial charge in [-0.2, -0.15) is 0 Å². The quantitative estimate of drug-likeness (QED) is 0.660. The summed E-state index contributed by atoms with van der Waals surface area (Å²) in [7, 11) is 1.50. The lowest BCUT2D eigenvalue weighted by Gasteiger charge is -2.22. The van der Waals surface area contributed by atoms with Crippen LogP contribution in [0.4, 0.5) is 4.79 Å². The SMILES string of the molecule is COCCN(CC(=O)O)C(=O)NC1CCOC1. The number of hydrogen-bond acceptors (Lipinski definition) is 4. The average Bonchev–Trinajstić information content (AvgIpc) is 2.76. The summed E-state index contributed by atoms with van der Waals surface area (Å²) in [6.07, 6.45) is 0.761. The Morgan fingerprint density at radius 3 is 2.88 bits per heavy atom. The van der Waals surface area contributed by atoms with E-state index in [1.165, 1.54) is 12.0 Å².